The van der Waals surface area contributed by atoms with Crippen molar-refractivity contribution in [1.29, 1.82) is 0 Å². The molecule has 0 aliphatic heterocycles. The maximum Gasteiger partial charge on any atom is 0.349 e. The van der Waals surface area contributed by atoms with Gasteiger partial charge in [0.15, 0.2) is 18.1 Å². The lowest BCUT2D eigenvalue weighted by Crippen LogP contribution is -2.18. The average molecular weight is 417 g/mol. The second-order valence-corrected chi connectivity index (χ2v) is 8.19. The molecule has 4 heteroatoms. The number of benzene rings is 3. The third-order valence-corrected chi connectivity index (χ3v) is 4.76. The summed E-state index contributed by atoms with van der Waals surface area (Å²) in [6.07, 6.45) is 3.99. The zero-order valence-corrected chi connectivity index (χ0v) is 18.4. The number of esters is 1. The van der Waals surface area contributed by atoms with Crippen LogP contribution in [0.4, 0.5) is 0 Å². The Morgan fingerprint density at radius 1 is 0.839 bits per heavy atom. The summed E-state index contributed by atoms with van der Waals surface area (Å²) < 4.78 is 16.4. The van der Waals surface area contributed by atoms with Crippen LogP contribution in [0.15, 0.2) is 72.8 Å². The van der Waals surface area contributed by atoms with Gasteiger partial charge in [-0.25, -0.2) is 4.79 Å². The summed E-state index contributed by atoms with van der Waals surface area (Å²) in [5.74, 6) is 0.971. The monoisotopic (exact) mass is 416 g/mol. The van der Waals surface area contributed by atoms with Crippen LogP contribution >= 0.6 is 0 Å². The van der Waals surface area contributed by atoms with Gasteiger partial charge in [0.25, 0.3) is 0 Å². The molecule has 0 radical (unpaired) electrons. The lowest BCUT2D eigenvalue weighted by atomic mass is 9.87. The predicted molar refractivity (Wildman–Crippen MR) is 125 cm³/mol. The first-order valence-corrected chi connectivity index (χ1v) is 10.2. The molecule has 0 fully saturated rings. The Morgan fingerprint density at radius 2 is 1.52 bits per heavy atom. The van der Waals surface area contributed by atoms with E-state index in [1.165, 1.54) is 5.56 Å². The predicted octanol–water partition coefficient (Wildman–Crippen LogP) is 6.15. The summed E-state index contributed by atoms with van der Waals surface area (Å²) in [4.78, 5) is 12.3. The van der Waals surface area contributed by atoms with Gasteiger partial charge in [0.05, 0.1) is 7.11 Å². The van der Waals surface area contributed by atoms with Crippen LogP contribution < -0.4 is 14.2 Å². The molecule has 160 valence electrons. The van der Waals surface area contributed by atoms with Crippen molar-refractivity contribution in [2.24, 2.45) is 0 Å². The number of rotatable bonds is 7. The normalized spacial score (nSPS) is 11.4. The number of hydrogen-bond donors (Lipinski definition) is 0. The Morgan fingerprint density at radius 3 is 2.16 bits per heavy atom. The topological polar surface area (TPSA) is 44.8 Å². The van der Waals surface area contributed by atoms with E-state index in [4.69, 9.17) is 14.2 Å². The summed E-state index contributed by atoms with van der Waals surface area (Å²) in [5, 5.41) is 0. The highest BCUT2D eigenvalue weighted by atomic mass is 16.6. The Labute approximate surface area is 184 Å². The lowest BCUT2D eigenvalue weighted by Gasteiger charge is -2.19. The van der Waals surface area contributed by atoms with Gasteiger partial charge >= 0.3 is 5.97 Å². The minimum atomic E-state index is -0.495. The molecular weight excluding hydrogens is 388 g/mol. The molecule has 0 N–H and O–H groups in total. The lowest BCUT2D eigenvalue weighted by molar-refractivity contribution is -0.136. The Balaban J connectivity index is 1.59. The molecule has 3 aromatic rings. The molecule has 0 atom stereocenters. The Hall–Kier alpha value is -3.53. The molecule has 0 heterocycles. The molecule has 0 saturated carbocycles. The third-order valence-electron chi connectivity index (χ3n) is 4.76. The molecule has 3 rings (SSSR count). The fraction of sp³-hybridized carbons (Fsp3) is 0.222. The van der Waals surface area contributed by atoms with Crippen molar-refractivity contribution < 1.29 is 19.0 Å². The van der Waals surface area contributed by atoms with E-state index < -0.39 is 5.97 Å². The minimum Gasteiger partial charge on any atom is -0.493 e. The fourth-order valence-corrected chi connectivity index (χ4v) is 2.97. The maximum absolute atomic E-state index is 12.3. The van der Waals surface area contributed by atoms with E-state index in [1.807, 2.05) is 78.9 Å². The van der Waals surface area contributed by atoms with E-state index in [0.29, 0.717) is 17.2 Å². The van der Waals surface area contributed by atoms with Gasteiger partial charge in [-0.15, -0.1) is 0 Å². The van der Waals surface area contributed by atoms with Gasteiger partial charge in [-0.2, -0.15) is 0 Å². The first-order chi connectivity index (χ1) is 14.8. The molecule has 0 aliphatic carbocycles. The van der Waals surface area contributed by atoms with Crippen molar-refractivity contribution >= 4 is 18.1 Å². The van der Waals surface area contributed by atoms with Gasteiger partial charge in [0, 0.05) is 0 Å². The van der Waals surface area contributed by atoms with Crippen molar-refractivity contribution in [2.45, 2.75) is 26.2 Å². The van der Waals surface area contributed by atoms with Crippen LogP contribution in [-0.2, 0) is 10.2 Å². The summed E-state index contributed by atoms with van der Waals surface area (Å²) >= 11 is 0. The summed E-state index contributed by atoms with van der Waals surface area (Å²) in [6, 6.07) is 23.2. The molecule has 31 heavy (non-hydrogen) atoms. The fourth-order valence-electron chi connectivity index (χ4n) is 2.97. The summed E-state index contributed by atoms with van der Waals surface area (Å²) in [5.41, 5.74) is 3.31. The Kier molecular flexibility index (Phi) is 7.14. The zero-order chi connectivity index (χ0) is 22.3. The number of carbonyl (C=O) groups excluding carboxylic acids is 1. The highest BCUT2D eigenvalue weighted by molar-refractivity contribution is 5.76. The average Bonchev–Trinajstić information content (AvgIpc) is 2.77. The molecule has 0 saturated heterocycles. The number of methoxy groups -OCH3 is 1. The molecule has 0 aromatic heterocycles. The van der Waals surface area contributed by atoms with Gasteiger partial charge in [-0.05, 0) is 46.4 Å². The second kappa shape index (κ2) is 9.98. The van der Waals surface area contributed by atoms with E-state index in [2.05, 4.69) is 20.8 Å². The van der Waals surface area contributed by atoms with Crippen molar-refractivity contribution in [3.63, 3.8) is 0 Å². The first kappa shape index (κ1) is 22.2. The van der Waals surface area contributed by atoms with Gasteiger partial charge in [0.1, 0.15) is 5.75 Å². The number of ether oxygens (including phenoxy) is 3. The van der Waals surface area contributed by atoms with Crippen LogP contribution in [0, 0.1) is 0 Å². The number of carbonyl (C=O) groups is 1. The summed E-state index contributed by atoms with van der Waals surface area (Å²) in [6.45, 7) is 6.26. The molecule has 0 spiro atoms. The van der Waals surface area contributed by atoms with Crippen LogP contribution in [0.25, 0.3) is 12.2 Å². The van der Waals surface area contributed by atoms with E-state index >= 15 is 0 Å². The summed E-state index contributed by atoms with van der Waals surface area (Å²) in [7, 11) is 1.55. The first-order valence-electron chi connectivity index (χ1n) is 10.2. The van der Waals surface area contributed by atoms with Crippen molar-refractivity contribution in [3.8, 4) is 17.2 Å². The van der Waals surface area contributed by atoms with Crippen LogP contribution in [0.1, 0.15) is 37.5 Å². The van der Waals surface area contributed by atoms with Crippen LogP contribution in [0.5, 0.6) is 17.2 Å². The SMILES string of the molecule is COc1cc(/C=C/c2ccccc2)ccc1OC(=O)COc1ccc(C(C)(C)C)cc1. The van der Waals surface area contributed by atoms with Gasteiger partial charge in [0.2, 0.25) is 0 Å². The zero-order valence-electron chi connectivity index (χ0n) is 18.4. The van der Waals surface area contributed by atoms with Crippen LogP contribution in [0.3, 0.4) is 0 Å². The molecule has 0 amide bonds. The van der Waals surface area contributed by atoms with E-state index in [1.54, 1.807) is 13.2 Å². The maximum atomic E-state index is 12.3. The van der Waals surface area contributed by atoms with Crippen LogP contribution in [-0.4, -0.2) is 19.7 Å². The molecule has 4 nitrogen and oxygen atoms in total. The molecule has 0 bridgehead atoms. The Bertz CT molecular complexity index is 1030. The quantitative estimate of drug-likeness (QED) is 0.263. The minimum absolute atomic E-state index is 0.0659. The number of hydrogen-bond acceptors (Lipinski definition) is 4. The standard InChI is InChI=1S/C27H28O4/c1-27(2,3)22-13-15-23(16-14-22)30-19-26(28)31-24-17-12-21(18-25(24)29-4)11-10-20-8-6-5-7-9-20/h5-18H,19H2,1-4H3/b11-10+. The van der Waals surface area contributed by atoms with Gasteiger partial charge in [-0.3, -0.25) is 0 Å². The molecule has 3 aromatic carbocycles. The van der Waals surface area contributed by atoms with Crippen LogP contribution in [0.2, 0.25) is 0 Å². The van der Waals surface area contributed by atoms with Crippen molar-refractivity contribution in [3.05, 3.63) is 89.5 Å². The third kappa shape index (κ3) is 6.48. The van der Waals surface area contributed by atoms with E-state index in [0.717, 1.165) is 11.1 Å². The largest absolute Gasteiger partial charge is 0.493 e. The van der Waals surface area contributed by atoms with Crippen molar-refractivity contribution in [2.75, 3.05) is 13.7 Å². The highest BCUT2D eigenvalue weighted by Gasteiger charge is 2.14. The smallest absolute Gasteiger partial charge is 0.349 e. The molecule has 0 unspecified atom stereocenters. The highest BCUT2D eigenvalue weighted by Crippen LogP contribution is 2.29. The molecular formula is C27H28O4. The van der Waals surface area contributed by atoms with Crippen molar-refractivity contribution in [1.82, 2.24) is 0 Å². The van der Waals surface area contributed by atoms with Gasteiger partial charge < -0.3 is 14.2 Å². The van der Waals surface area contributed by atoms with E-state index in [-0.39, 0.29) is 12.0 Å². The molecule has 0 aliphatic rings. The van der Waals surface area contributed by atoms with E-state index in [9.17, 15) is 4.79 Å². The van der Waals surface area contributed by atoms with Gasteiger partial charge in [-0.1, -0.05) is 81.5 Å². The second-order valence-electron chi connectivity index (χ2n) is 8.19.